The SMILES string of the molecule is O=C1NC[C@H](Cn2nc(-c3ccc(F)c(C(F)F)c3)c3ncccc32)O1. The maximum atomic E-state index is 13.6. The molecular weight excluding hydrogens is 349 g/mol. The third-order valence-corrected chi connectivity index (χ3v) is 4.14. The van der Waals surface area contributed by atoms with Gasteiger partial charge in [0.1, 0.15) is 23.1 Å². The molecule has 3 heterocycles. The molecule has 6 nitrogen and oxygen atoms in total. The molecule has 1 saturated heterocycles. The Bertz CT molecular complexity index is 989. The van der Waals surface area contributed by atoms with Crippen LogP contribution >= 0.6 is 0 Å². The Morgan fingerprint density at radius 3 is 2.92 bits per heavy atom. The highest BCUT2D eigenvalue weighted by atomic mass is 19.3. The normalized spacial score (nSPS) is 16.9. The molecule has 1 aliphatic rings. The lowest BCUT2D eigenvalue weighted by Gasteiger charge is -2.08. The molecule has 0 radical (unpaired) electrons. The molecular formula is C17H13F3N4O2. The highest BCUT2D eigenvalue weighted by Gasteiger charge is 2.25. The van der Waals surface area contributed by atoms with Gasteiger partial charge in [0.05, 0.1) is 24.2 Å². The van der Waals surface area contributed by atoms with Crippen LogP contribution in [0, 0.1) is 5.82 Å². The summed E-state index contributed by atoms with van der Waals surface area (Å²) in [5.74, 6) is -0.968. The summed E-state index contributed by atoms with van der Waals surface area (Å²) in [7, 11) is 0. The number of carbonyl (C=O) groups excluding carboxylic acids is 1. The number of ether oxygens (including phenoxy) is 1. The molecule has 134 valence electrons. The van der Waals surface area contributed by atoms with Crippen molar-refractivity contribution in [2.45, 2.75) is 19.1 Å². The van der Waals surface area contributed by atoms with Crippen molar-refractivity contribution in [3.05, 3.63) is 47.9 Å². The molecule has 0 bridgehead atoms. The first kappa shape index (κ1) is 16.4. The van der Waals surface area contributed by atoms with Gasteiger partial charge in [0.2, 0.25) is 0 Å². The van der Waals surface area contributed by atoms with E-state index in [9.17, 15) is 18.0 Å². The van der Waals surface area contributed by atoms with Crippen molar-refractivity contribution in [1.29, 1.82) is 0 Å². The fourth-order valence-electron chi connectivity index (χ4n) is 2.93. The van der Waals surface area contributed by atoms with Gasteiger partial charge in [-0.3, -0.25) is 9.67 Å². The summed E-state index contributed by atoms with van der Waals surface area (Å²) in [5, 5.41) is 7.01. The van der Waals surface area contributed by atoms with Crippen molar-refractivity contribution in [3.8, 4) is 11.3 Å². The highest BCUT2D eigenvalue weighted by Crippen LogP contribution is 2.31. The summed E-state index contributed by atoms with van der Waals surface area (Å²) in [5.41, 5.74) is 1.17. The summed E-state index contributed by atoms with van der Waals surface area (Å²) in [4.78, 5) is 15.5. The molecule has 0 spiro atoms. The van der Waals surface area contributed by atoms with E-state index >= 15 is 0 Å². The lowest BCUT2D eigenvalue weighted by atomic mass is 10.1. The minimum Gasteiger partial charge on any atom is -0.442 e. The van der Waals surface area contributed by atoms with Crippen molar-refractivity contribution in [1.82, 2.24) is 20.1 Å². The number of nitrogens with zero attached hydrogens (tertiary/aromatic N) is 3. The molecule has 1 fully saturated rings. The number of hydrogen-bond donors (Lipinski definition) is 1. The molecule has 1 atom stereocenters. The summed E-state index contributed by atoms with van der Waals surface area (Å²) < 4.78 is 46.3. The van der Waals surface area contributed by atoms with Crippen LogP contribution in [-0.4, -0.2) is 33.5 Å². The Morgan fingerprint density at radius 2 is 2.19 bits per heavy atom. The molecule has 1 amide bonds. The number of alkyl carbamates (subject to hydrolysis) is 1. The average molecular weight is 362 g/mol. The summed E-state index contributed by atoms with van der Waals surface area (Å²) in [6.07, 6.45) is -2.26. The number of alkyl halides is 2. The largest absolute Gasteiger partial charge is 0.442 e. The Labute approximate surface area is 145 Å². The quantitative estimate of drug-likeness (QED) is 0.773. The van der Waals surface area contributed by atoms with Crippen molar-refractivity contribution in [3.63, 3.8) is 0 Å². The first-order chi connectivity index (χ1) is 12.5. The number of pyridine rings is 1. The van der Waals surface area contributed by atoms with Gasteiger partial charge in [0, 0.05) is 11.8 Å². The Hall–Kier alpha value is -3.10. The third kappa shape index (κ3) is 2.85. The van der Waals surface area contributed by atoms with E-state index in [0.717, 1.165) is 12.1 Å². The zero-order valence-electron chi connectivity index (χ0n) is 13.3. The zero-order valence-corrected chi connectivity index (χ0v) is 13.3. The second-order valence-corrected chi connectivity index (χ2v) is 5.85. The lowest BCUT2D eigenvalue weighted by Crippen LogP contribution is -2.21. The van der Waals surface area contributed by atoms with E-state index in [1.807, 2.05) is 0 Å². The molecule has 1 aliphatic heterocycles. The van der Waals surface area contributed by atoms with E-state index in [1.165, 1.54) is 6.07 Å². The molecule has 2 aromatic heterocycles. The van der Waals surface area contributed by atoms with Crippen LogP contribution < -0.4 is 5.32 Å². The lowest BCUT2D eigenvalue weighted by molar-refractivity contribution is 0.129. The molecule has 0 saturated carbocycles. The second kappa shape index (κ2) is 6.32. The first-order valence-electron chi connectivity index (χ1n) is 7.87. The molecule has 0 unspecified atom stereocenters. The number of carbonyl (C=O) groups is 1. The van der Waals surface area contributed by atoms with E-state index in [-0.39, 0.29) is 6.54 Å². The molecule has 3 aromatic rings. The molecule has 0 aliphatic carbocycles. The van der Waals surface area contributed by atoms with Crippen LogP contribution in [0.3, 0.4) is 0 Å². The predicted octanol–water partition coefficient (Wildman–Crippen LogP) is 3.28. The van der Waals surface area contributed by atoms with E-state index in [2.05, 4.69) is 15.4 Å². The maximum Gasteiger partial charge on any atom is 0.407 e. The number of rotatable bonds is 4. The van der Waals surface area contributed by atoms with Gasteiger partial charge in [0.15, 0.2) is 0 Å². The van der Waals surface area contributed by atoms with Crippen molar-refractivity contribution in [2.24, 2.45) is 0 Å². The highest BCUT2D eigenvalue weighted by molar-refractivity contribution is 5.90. The third-order valence-electron chi connectivity index (χ3n) is 4.14. The minimum atomic E-state index is -2.93. The number of benzene rings is 1. The molecule has 1 N–H and O–H groups in total. The van der Waals surface area contributed by atoms with Gasteiger partial charge >= 0.3 is 6.09 Å². The number of nitrogens with one attached hydrogen (secondary N) is 1. The van der Waals surface area contributed by atoms with E-state index in [0.29, 0.717) is 28.8 Å². The number of hydrogen-bond acceptors (Lipinski definition) is 4. The maximum absolute atomic E-state index is 13.6. The summed E-state index contributed by atoms with van der Waals surface area (Å²) in [6, 6.07) is 6.96. The molecule has 26 heavy (non-hydrogen) atoms. The van der Waals surface area contributed by atoms with Gasteiger partial charge in [-0.05, 0) is 30.3 Å². The monoisotopic (exact) mass is 362 g/mol. The van der Waals surface area contributed by atoms with Gasteiger partial charge in [-0.2, -0.15) is 5.10 Å². The number of halogens is 3. The van der Waals surface area contributed by atoms with Gasteiger partial charge in [-0.15, -0.1) is 0 Å². The van der Waals surface area contributed by atoms with Crippen LogP contribution in [0.5, 0.6) is 0 Å². The Balaban J connectivity index is 1.78. The topological polar surface area (TPSA) is 69.0 Å². The number of fused-ring (bicyclic) bond motifs is 1. The van der Waals surface area contributed by atoms with Crippen molar-refractivity contribution < 1.29 is 22.7 Å². The van der Waals surface area contributed by atoms with E-state index in [4.69, 9.17) is 4.74 Å². The Kier molecular flexibility index (Phi) is 3.98. The van der Waals surface area contributed by atoms with Crippen LogP contribution in [0.1, 0.15) is 12.0 Å². The van der Waals surface area contributed by atoms with Crippen LogP contribution in [0.25, 0.3) is 22.3 Å². The second-order valence-electron chi connectivity index (χ2n) is 5.85. The van der Waals surface area contributed by atoms with Crippen molar-refractivity contribution >= 4 is 17.1 Å². The van der Waals surface area contributed by atoms with Crippen LogP contribution in [-0.2, 0) is 11.3 Å². The predicted molar refractivity (Wildman–Crippen MR) is 86.2 cm³/mol. The fourth-order valence-corrected chi connectivity index (χ4v) is 2.93. The smallest absolute Gasteiger partial charge is 0.407 e. The van der Waals surface area contributed by atoms with Gasteiger partial charge in [-0.25, -0.2) is 18.0 Å². The van der Waals surface area contributed by atoms with Crippen molar-refractivity contribution in [2.75, 3.05) is 6.54 Å². The minimum absolute atomic E-state index is 0.282. The molecule has 9 heteroatoms. The van der Waals surface area contributed by atoms with Crippen LogP contribution in [0.15, 0.2) is 36.5 Å². The van der Waals surface area contributed by atoms with Gasteiger partial charge in [-0.1, -0.05) is 0 Å². The van der Waals surface area contributed by atoms with Crippen LogP contribution in [0.2, 0.25) is 0 Å². The average Bonchev–Trinajstić information content (AvgIpc) is 3.20. The fraction of sp³-hybridized carbons (Fsp3) is 0.235. The van der Waals surface area contributed by atoms with Gasteiger partial charge in [0.25, 0.3) is 6.43 Å². The van der Waals surface area contributed by atoms with Gasteiger partial charge < -0.3 is 10.1 Å². The van der Waals surface area contributed by atoms with Crippen LogP contribution in [0.4, 0.5) is 18.0 Å². The zero-order chi connectivity index (χ0) is 18.3. The van der Waals surface area contributed by atoms with E-state index in [1.54, 1.807) is 23.0 Å². The van der Waals surface area contributed by atoms with E-state index < -0.39 is 30.0 Å². The first-order valence-corrected chi connectivity index (χ1v) is 7.87. The Morgan fingerprint density at radius 1 is 1.35 bits per heavy atom. The standard InChI is InChI=1S/C17H13F3N4O2/c18-12-4-3-9(6-11(12)16(19)20)14-15-13(2-1-5-21-15)24(23-14)8-10-7-22-17(25)26-10/h1-6,10,16H,7-8H2,(H,22,25)/t10-/m1/s1. The number of aromatic nitrogens is 3. The molecule has 4 rings (SSSR count). The number of amides is 1. The summed E-state index contributed by atoms with van der Waals surface area (Å²) >= 11 is 0. The summed E-state index contributed by atoms with van der Waals surface area (Å²) in [6.45, 7) is 0.631. The molecule has 1 aromatic carbocycles. The number of cyclic esters (lactones) is 1.